The Morgan fingerprint density at radius 3 is 1.77 bits per heavy atom. The zero-order chi connectivity index (χ0) is 18.5. The van der Waals surface area contributed by atoms with Crippen molar-refractivity contribution in [3.8, 4) is 23.6 Å². The molecule has 8 heteroatoms. The predicted octanol–water partition coefficient (Wildman–Crippen LogP) is 1.31. The van der Waals surface area contributed by atoms with E-state index < -0.39 is 5.60 Å². The lowest BCUT2D eigenvalue weighted by Gasteiger charge is -2.22. The zero-order valence-corrected chi connectivity index (χ0v) is 14.5. The first-order valence-electron chi connectivity index (χ1n) is 8.34. The normalized spacial score (nSPS) is 19.9. The van der Waals surface area contributed by atoms with Crippen LogP contribution in [0.2, 0.25) is 0 Å². The maximum Gasteiger partial charge on any atom is 0.302 e. The van der Waals surface area contributed by atoms with E-state index >= 15 is 0 Å². The molecule has 0 N–H and O–H groups in total. The van der Waals surface area contributed by atoms with Crippen LogP contribution in [0, 0.1) is 22.7 Å². The highest BCUT2D eigenvalue weighted by atomic mass is 16.6. The lowest BCUT2D eigenvalue weighted by atomic mass is 10.1. The summed E-state index contributed by atoms with van der Waals surface area (Å²) in [6.45, 7) is 2.84. The molecule has 0 spiro atoms. The molecule has 0 unspecified atom stereocenters. The van der Waals surface area contributed by atoms with E-state index in [4.69, 9.17) is 28.4 Å². The van der Waals surface area contributed by atoms with Crippen LogP contribution in [0.15, 0.2) is 24.3 Å². The second-order valence-corrected chi connectivity index (χ2v) is 5.34. The summed E-state index contributed by atoms with van der Waals surface area (Å²) < 4.78 is 32.8. The lowest BCUT2D eigenvalue weighted by Crippen LogP contribution is -2.38. The minimum atomic E-state index is -1.77. The van der Waals surface area contributed by atoms with Gasteiger partial charge in [0.05, 0.1) is 46.2 Å². The van der Waals surface area contributed by atoms with Gasteiger partial charge in [-0.25, -0.2) is 0 Å². The highest BCUT2D eigenvalue weighted by molar-refractivity contribution is 5.41. The van der Waals surface area contributed by atoms with Gasteiger partial charge in [-0.1, -0.05) is 12.1 Å². The molecule has 0 amide bonds. The van der Waals surface area contributed by atoms with E-state index in [0.29, 0.717) is 57.7 Å². The van der Waals surface area contributed by atoms with Gasteiger partial charge in [0, 0.05) is 0 Å². The third-order valence-electron chi connectivity index (χ3n) is 3.40. The van der Waals surface area contributed by atoms with Crippen molar-refractivity contribution >= 4 is 0 Å². The summed E-state index contributed by atoms with van der Waals surface area (Å²) in [6, 6.07) is 10.6. The standard InChI is InChI=1S/C18H22N2O6/c19-13-18(14-20)15-24-10-9-22-6-5-21-7-8-23-11-12-25-16-3-1-2-4-17(16)26-18/h1-4H,5-12,15H2. The molecule has 140 valence electrons. The molecule has 1 heterocycles. The molecule has 1 aliphatic heterocycles. The number of hydrogen-bond donors (Lipinski definition) is 0. The molecule has 0 saturated carbocycles. The number of nitriles is 2. The van der Waals surface area contributed by atoms with Gasteiger partial charge in [0.1, 0.15) is 25.4 Å². The third kappa shape index (κ3) is 6.51. The molecule has 0 fully saturated rings. The molecular weight excluding hydrogens is 340 g/mol. The summed E-state index contributed by atoms with van der Waals surface area (Å²) in [5.74, 6) is 0.714. The van der Waals surface area contributed by atoms with Gasteiger partial charge >= 0.3 is 5.60 Å². The number of nitrogens with zero attached hydrogens (tertiary/aromatic N) is 2. The highest BCUT2D eigenvalue weighted by Crippen LogP contribution is 2.30. The second-order valence-electron chi connectivity index (χ2n) is 5.34. The number of ether oxygens (including phenoxy) is 6. The van der Waals surface area contributed by atoms with Crippen LogP contribution in [0.25, 0.3) is 0 Å². The molecule has 1 aromatic rings. The fourth-order valence-electron chi connectivity index (χ4n) is 2.09. The number of benzene rings is 1. The Morgan fingerprint density at radius 1 is 0.692 bits per heavy atom. The van der Waals surface area contributed by atoms with E-state index in [-0.39, 0.29) is 13.2 Å². The van der Waals surface area contributed by atoms with E-state index in [9.17, 15) is 10.5 Å². The summed E-state index contributed by atoms with van der Waals surface area (Å²) in [4.78, 5) is 0. The summed E-state index contributed by atoms with van der Waals surface area (Å²) in [6.07, 6.45) is 0. The van der Waals surface area contributed by atoms with Crippen molar-refractivity contribution in [1.82, 2.24) is 0 Å². The Kier molecular flexibility index (Phi) is 8.67. The Hall–Kier alpha value is -2.36. The summed E-state index contributed by atoms with van der Waals surface area (Å²) in [7, 11) is 0. The fraction of sp³-hybridized carbons (Fsp3) is 0.556. The lowest BCUT2D eigenvalue weighted by molar-refractivity contribution is -0.0198. The molecule has 0 aromatic heterocycles. The van der Waals surface area contributed by atoms with Crippen LogP contribution in [0.1, 0.15) is 0 Å². The fourth-order valence-corrected chi connectivity index (χ4v) is 2.09. The minimum absolute atomic E-state index is 0.211. The molecule has 0 bridgehead atoms. The van der Waals surface area contributed by atoms with Crippen molar-refractivity contribution in [1.29, 1.82) is 10.5 Å². The van der Waals surface area contributed by atoms with E-state index in [1.54, 1.807) is 24.3 Å². The topological polar surface area (TPSA) is 103 Å². The Morgan fingerprint density at radius 2 is 1.19 bits per heavy atom. The van der Waals surface area contributed by atoms with Crippen molar-refractivity contribution in [2.24, 2.45) is 0 Å². The van der Waals surface area contributed by atoms with Crippen LogP contribution < -0.4 is 9.47 Å². The number of rotatable bonds is 0. The van der Waals surface area contributed by atoms with Gasteiger partial charge in [0.2, 0.25) is 0 Å². The summed E-state index contributed by atoms with van der Waals surface area (Å²) in [5.41, 5.74) is -1.77. The number of hydrogen-bond acceptors (Lipinski definition) is 8. The Labute approximate surface area is 152 Å². The van der Waals surface area contributed by atoms with Gasteiger partial charge in [0.25, 0.3) is 0 Å². The molecular formula is C18H22N2O6. The zero-order valence-electron chi connectivity index (χ0n) is 14.5. The SMILES string of the molecule is N#CC1(C#N)COCCOCCOCCOCCOc2ccccc2O1. The van der Waals surface area contributed by atoms with Crippen molar-refractivity contribution in [2.75, 3.05) is 59.5 Å². The third-order valence-corrected chi connectivity index (χ3v) is 3.40. The van der Waals surface area contributed by atoms with Crippen molar-refractivity contribution in [3.05, 3.63) is 24.3 Å². The second kappa shape index (κ2) is 11.3. The molecule has 1 aromatic carbocycles. The molecule has 1 aliphatic rings. The minimum Gasteiger partial charge on any atom is -0.487 e. The molecule has 8 nitrogen and oxygen atoms in total. The van der Waals surface area contributed by atoms with Gasteiger partial charge in [0.15, 0.2) is 11.5 Å². The first kappa shape index (κ1) is 20.0. The van der Waals surface area contributed by atoms with E-state index in [1.807, 2.05) is 12.1 Å². The molecule has 2 rings (SSSR count). The first-order valence-corrected chi connectivity index (χ1v) is 8.34. The van der Waals surface area contributed by atoms with Gasteiger partial charge in [-0.3, -0.25) is 0 Å². The first-order chi connectivity index (χ1) is 12.8. The largest absolute Gasteiger partial charge is 0.487 e. The molecule has 0 radical (unpaired) electrons. The van der Waals surface area contributed by atoms with Crippen LogP contribution in [0.4, 0.5) is 0 Å². The average Bonchev–Trinajstić information content (AvgIpc) is 2.67. The van der Waals surface area contributed by atoms with Crippen LogP contribution in [-0.4, -0.2) is 65.1 Å². The van der Waals surface area contributed by atoms with Gasteiger partial charge in [-0.05, 0) is 12.1 Å². The monoisotopic (exact) mass is 362 g/mol. The van der Waals surface area contributed by atoms with E-state index in [2.05, 4.69) is 0 Å². The smallest absolute Gasteiger partial charge is 0.302 e. The highest BCUT2D eigenvalue weighted by Gasteiger charge is 2.34. The quantitative estimate of drug-likeness (QED) is 0.680. The molecule has 0 saturated heterocycles. The Bertz CT molecular complexity index is 611. The number of para-hydroxylation sites is 2. The van der Waals surface area contributed by atoms with Crippen molar-refractivity contribution in [2.45, 2.75) is 5.60 Å². The molecule has 26 heavy (non-hydrogen) atoms. The van der Waals surface area contributed by atoms with Crippen molar-refractivity contribution < 1.29 is 28.4 Å². The summed E-state index contributed by atoms with van der Waals surface area (Å²) in [5, 5.41) is 18.9. The average molecular weight is 362 g/mol. The maximum atomic E-state index is 9.44. The van der Waals surface area contributed by atoms with Crippen LogP contribution in [0.3, 0.4) is 0 Å². The van der Waals surface area contributed by atoms with Crippen LogP contribution in [0.5, 0.6) is 11.5 Å². The van der Waals surface area contributed by atoms with Crippen LogP contribution >= 0.6 is 0 Å². The van der Waals surface area contributed by atoms with Crippen molar-refractivity contribution in [3.63, 3.8) is 0 Å². The van der Waals surface area contributed by atoms with Gasteiger partial charge < -0.3 is 28.4 Å². The van der Waals surface area contributed by atoms with Gasteiger partial charge in [-0.15, -0.1) is 0 Å². The van der Waals surface area contributed by atoms with Gasteiger partial charge in [-0.2, -0.15) is 10.5 Å². The molecule has 0 atom stereocenters. The Balaban J connectivity index is 2.07. The van der Waals surface area contributed by atoms with E-state index in [0.717, 1.165) is 0 Å². The maximum absolute atomic E-state index is 9.44. The number of fused-ring (bicyclic) bond motifs is 1. The van der Waals surface area contributed by atoms with E-state index in [1.165, 1.54) is 0 Å². The predicted molar refractivity (Wildman–Crippen MR) is 89.8 cm³/mol. The molecule has 0 aliphatic carbocycles. The van der Waals surface area contributed by atoms with Crippen LogP contribution in [-0.2, 0) is 18.9 Å². The summed E-state index contributed by atoms with van der Waals surface area (Å²) >= 11 is 0.